The van der Waals surface area contributed by atoms with Crippen LogP contribution >= 0.6 is 0 Å². The van der Waals surface area contributed by atoms with Crippen LogP contribution in [0.4, 0.5) is 0 Å². The van der Waals surface area contributed by atoms with Crippen molar-refractivity contribution in [1.29, 1.82) is 0 Å². The lowest BCUT2D eigenvalue weighted by atomic mass is 9.63. The van der Waals surface area contributed by atoms with Crippen LogP contribution in [-0.4, -0.2) is 22.2 Å². The second kappa shape index (κ2) is 5.07. The number of carboxylic acids is 2. The molecule has 0 fully saturated rings. The summed E-state index contributed by atoms with van der Waals surface area (Å²) in [5.74, 6) is -2.92. The van der Waals surface area contributed by atoms with Crippen LogP contribution in [0.15, 0.2) is 0 Å². The molecular weight excluding hydrogens is 220 g/mol. The molecule has 0 aromatic carbocycles. The minimum Gasteiger partial charge on any atom is -0.481 e. The average molecular weight is 244 g/mol. The fraction of sp³-hybridized carbons (Fsp3) is 0.846. The van der Waals surface area contributed by atoms with Crippen LogP contribution in [0.2, 0.25) is 0 Å². The normalized spacial score (nSPS) is 16.4. The molecule has 100 valence electrons. The molecule has 0 aromatic rings. The first-order valence-electron chi connectivity index (χ1n) is 5.82. The quantitative estimate of drug-likeness (QED) is 0.797. The van der Waals surface area contributed by atoms with Crippen molar-refractivity contribution in [2.75, 3.05) is 0 Å². The summed E-state index contributed by atoms with van der Waals surface area (Å²) in [5.41, 5.74) is -0.812. The van der Waals surface area contributed by atoms with Gasteiger partial charge in [0, 0.05) is 6.42 Å². The van der Waals surface area contributed by atoms with Gasteiger partial charge >= 0.3 is 11.9 Å². The number of carbonyl (C=O) groups is 2. The second-order valence-electron chi connectivity index (χ2n) is 6.75. The van der Waals surface area contributed by atoms with Gasteiger partial charge in [0.25, 0.3) is 0 Å². The third-order valence-corrected chi connectivity index (χ3v) is 3.11. The van der Waals surface area contributed by atoms with Gasteiger partial charge in [-0.15, -0.1) is 0 Å². The molecule has 0 aliphatic heterocycles. The van der Waals surface area contributed by atoms with Gasteiger partial charge in [-0.25, -0.2) is 0 Å². The van der Waals surface area contributed by atoms with Crippen LogP contribution < -0.4 is 0 Å². The highest BCUT2D eigenvalue weighted by Gasteiger charge is 2.44. The molecule has 2 unspecified atom stereocenters. The van der Waals surface area contributed by atoms with E-state index in [-0.39, 0.29) is 11.8 Å². The molecule has 17 heavy (non-hydrogen) atoms. The maximum atomic E-state index is 11.4. The van der Waals surface area contributed by atoms with E-state index in [4.69, 9.17) is 5.11 Å². The highest BCUT2D eigenvalue weighted by molar-refractivity contribution is 5.74. The summed E-state index contributed by atoms with van der Waals surface area (Å²) >= 11 is 0. The summed E-state index contributed by atoms with van der Waals surface area (Å²) in [6, 6.07) is 0. The predicted octanol–water partition coefficient (Wildman–Crippen LogP) is 2.87. The summed E-state index contributed by atoms with van der Waals surface area (Å²) in [7, 11) is 0. The van der Waals surface area contributed by atoms with E-state index in [0.717, 1.165) is 0 Å². The van der Waals surface area contributed by atoms with Gasteiger partial charge in [0.1, 0.15) is 0 Å². The predicted molar refractivity (Wildman–Crippen MR) is 65.8 cm³/mol. The first-order valence-corrected chi connectivity index (χ1v) is 5.82. The van der Waals surface area contributed by atoms with Crippen molar-refractivity contribution >= 4 is 11.9 Å². The molecule has 0 saturated carbocycles. The van der Waals surface area contributed by atoms with E-state index in [1.54, 1.807) is 0 Å². The van der Waals surface area contributed by atoms with Crippen molar-refractivity contribution < 1.29 is 19.8 Å². The van der Waals surface area contributed by atoms with E-state index in [2.05, 4.69) is 0 Å². The van der Waals surface area contributed by atoms with Gasteiger partial charge in [0.05, 0.1) is 5.92 Å². The van der Waals surface area contributed by atoms with Crippen molar-refractivity contribution in [3.63, 3.8) is 0 Å². The Balaban J connectivity index is 5.39. The Morgan fingerprint density at radius 3 is 1.53 bits per heavy atom. The van der Waals surface area contributed by atoms with Gasteiger partial charge in [0.15, 0.2) is 0 Å². The molecule has 0 bridgehead atoms. The van der Waals surface area contributed by atoms with E-state index in [1.165, 1.54) is 0 Å². The van der Waals surface area contributed by atoms with Gasteiger partial charge in [-0.1, -0.05) is 41.5 Å². The maximum Gasteiger partial charge on any atom is 0.307 e. The van der Waals surface area contributed by atoms with E-state index < -0.39 is 29.2 Å². The van der Waals surface area contributed by atoms with E-state index >= 15 is 0 Å². The van der Waals surface area contributed by atoms with Crippen LogP contribution in [-0.2, 0) is 9.59 Å². The standard InChI is InChI=1S/C13H24O4/c1-12(2,3)8(7-9(14)15)10(11(16)17)13(4,5)6/h8,10H,7H2,1-6H3,(H,14,15)(H,16,17). The lowest BCUT2D eigenvalue weighted by Gasteiger charge is -2.40. The minimum atomic E-state index is -0.944. The van der Waals surface area contributed by atoms with Crippen LogP contribution in [0.3, 0.4) is 0 Å². The molecule has 0 spiro atoms. The topological polar surface area (TPSA) is 74.6 Å². The second-order valence-corrected chi connectivity index (χ2v) is 6.75. The molecule has 4 nitrogen and oxygen atoms in total. The van der Waals surface area contributed by atoms with Gasteiger partial charge in [-0.2, -0.15) is 0 Å². The van der Waals surface area contributed by atoms with E-state index in [0.29, 0.717) is 0 Å². The van der Waals surface area contributed by atoms with Crippen LogP contribution in [0.5, 0.6) is 0 Å². The minimum absolute atomic E-state index is 0.113. The van der Waals surface area contributed by atoms with Crippen molar-refractivity contribution in [1.82, 2.24) is 0 Å². The number of carboxylic acid groups (broad SMARTS) is 2. The summed E-state index contributed by atoms with van der Waals surface area (Å²) in [5, 5.41) is 18.3. The Kier molecular flexibility index (Phi) is 4.75. The molecule has 0 saturated heterocycles. The van der Waals surface area contributed by atoms with Gasteiger partial charge < -0.3 is 10.2 Å². The molecule has 0 amide bonds. The first kappa shape index (κ1) is 15.9. The fourth-order valence-corrected chi connectivity index (χ4v) is 2.26. The van der Waals surface area contributed by atoms with Crippen molar-refractivity contribution in [3.05, 3.63) is 0 Å². The number of aliphatic carboxylic acids is 2. The Morgan fingerprint density at radius 1 is 0.941 bits per heavy atom. The zero-order valence-corrected chi connectivity index (χ0v) is 11.6. The van der Waals surface area contributed by atoms with Crippen molar-refractivity contribution in [2.45, 2.75) is 48.0 Å². The summed E-state index contributed by atoms with van der Waals surface area (Å²) < 4.78 is 0. The average Bonchev–Trinajstić information content (AvgIpc) is 1.96. The van der Waals surface area contributed by atoms with Crippen LogP contribution in [0, 0.1) is 22.7 Å². The van der Waals surface area contributed by atoms with Crippen molar-refractivity contribution in [3.8, 4) is 0 Å². The van der Waals surface area contributed by atoms with Gasteiger partial charge in [-0.05, 0) is 16.7 Å². The maximum absolute atomic E-state index is 11.4. The third kappa shape index (κ3) is 4.75. The molecule has 0 radical (unpaired) electrons. The molecule has 0 aliphatic carbocycles. The molecular formula is C13H24O4. The number of hydrogen-bond donors (Lipinski definition) is 2. The third-order valence-electron chi connectivity index (χ3n) is 3.11. The molecule has 4 heteroatoms. The zero-order chi connectivity index (χ0) is 14.0. The largest absolute Gasteiger partial charge is 0.481 e. The first-order chi connectivity index (χ1) is 7.37. The number of rotatable bonds is 4. The van der Waals surface area contributed by atoms with Gasteiger partial charge in [0.2, 0.25) is 0 Å². The summed E-state index contributed by atoms with van der Waals surface area (Å²) in [6.07, 6.45) is -0.113. The Labute approximate surface area is 103 Å². The van der Waals surface area contributed by atoms with E-state index in [1.807, 2.05) is 41.5 Å². The zero-order valence-electron chi connectivity index (χ0n) is 11.6. The van der Waals surface area contributed by atoms with Crippen molar-refractivity contribution in [2.24, 2.45) is 22.7 Å². The molecule has 0 heterocycles. The van der Waals surface area contributed by atoms with Crippen LogP contribution in [0.1, 0.15) is 48.0 Å². The summed E-state index contributed by atoms with van der Waals surface area (Å²) in [4.78, 5) is 22.3. The molecule has 0 rings (SSSR count). The Morgan fingerprint density at radius 2 is 1.35 bits per heavy atom. The lowest BCUT2D eigenvalue weighted by molar-refractivity contribution is -0.153. The number of hydrogen-bond acceptors (Lipinski definition) is 2. The molecule has 2 atom stereocenters. The monoisotopic (exact) mass is 244 g/mol. The highest BCUT2D eigenvalue weighted by Crippen LogP contribution is 2.43. The molecule has 2 N–H and O–H groups in total. The Hall–Kier alpha value is -1.06. The van der Waals surface area contributed by atoms with E-state index in [9.17, 15) is 14.7 Å². The lowest BCUT2D eigenvalue weighted by Crippen LogP contribution is -2.42. The van der Waals surface area contributed by atoms with Gasteiger partial charge in [-0.3, -0.25) is 9.59 Å². The highest BCUT2D eigenvalue weighted by atomic mass is 16.4. The SMILES string of the molecule is CC(C)(C)C(CC(=O)O)C(C(=O)O)C(C)(C)C. The Bertz CT molecular complexity index is 294. The summed E-state index contributed by atoms with van der Waals surface area (Å²) in [6.45, 7) is 11.2. The van der Waals surface area contributed by atoms with Crippen LogP contribution in [0.25, 0.3) is 0 Å². The fourth-order valence-electron chi connectivity index (χ4n) is 2.26. The molecule has 0 aliphatic rings. The molecule has 0 aromatic heterocycles. The smallest absolute Gasteiger partial charge is 0.307 e.